The van der Waals surface area contributed by atoms with E-state index in [0.29, 0.717) is 5.41 Å². The van der Waals surface area contributed by atoms with E-state index in [-0.39, 0.29) is 0 Å². The van der Waals surface area contributed by atoms with E-state index in [9.17, 15) is 0 Å². The molecule has 2 N–H and O–H groups in total. The number of rotatable bonds is 5. The molecule has 2 rings (SSSR count). The molecule has 2 nitrogen and oxygen atoms in total. The van der Waals surface area contributed by atoms with E-state index in [1.165, 1.54) is 36.1 Å². The van der Waals surface area contributed by atoms with Gasteiger partial charge in [0.2, 0.25) is 0 Å². The van der Waals surface area contributed by atoms with E-state index in [4.69, 9.17) is 0 Å². The maximum Gasteiger partial charge on any atom is 0.0345 e. The third-order valence-corrected chi connectivity index (χ3v) is 3.86. The van der Waals surface area contributed by atoms with Crippen LogP contribution in [0.5, 0.6) is 0 Å². The van der Waals surface area contributed by atoms with E-state index >= 15 is 0 Å². The predicted molar refractivity (Wildman–Crippen MR) is 74.6 cm³/mol. The van der Waals surface area contributed by atoms with Gasteiger partial charge in [0.25, 0.3) is 0 Å². The molecule has 0 atom stereocenters. The number of benzene rings is 1. The minimum Gasteiger partial charge on any atom is -0.384 e. The van der Waals surface area contributed by atoms with Crippen molar-refractivity contribution in [2.75, 3.05) is 25.5 Å². The molecule has 0 heterocycles. The minimum atomic E-state index is 0.492. The van der Waals surface area contributed by atoms with E-state index in [2.05, 4.69) is 49.7 Å². The van der Waals surface area contributed by atoms with Gasteiger partial charge < -0.3 is 10.6 Å². The molecule has 2 heteroatoms. The Labute approximate surface area is 105 Å². The maximum absolute atomic E-state index is 3.61. The second-order valence-corrected chi connectivity index (χ2v) is 5.61. The monoisotopic (exact) mass is 232 g/mol. The Morgan fingerprint density at radius 3 is 2.18 bits per heavy atom. The molecule has 1 aliphatic rings. The lowest BCUT2D eigenvalue weighted by Gasteiger charge is -2.42. The van der Waals surface area contributed by atoms with Gasteiger partial charge in [-0.3, -0.25) is 0 Å². The Kier molecular flexibility index (Phi) is 3.72. The summed E-state index contributed by atoms with van der Waals surface area (Å²) in [5.41, 5.74) is 4.43. The van der Waals surface area contributed by atoms with Crippen LogP contribution in [-0.2, 0) is 0 Å². The Bertz CT molecular complexity index is 360. The summed E-state index contributed by atoms with van der Waals surface area (Å²) in [5, 5.41) is 6.94. The number of nitrogens with one attached hydrogen (secondary N) is 2. The van der Waals surface area contributed by atoms with Crippen molar-refractivity contribution < 1.29 is 0 Å². The van der Waals surface area contributed by atoms with Gasteiger partial charge in [-0.1, -0.05) is 12.5 Å². The van der Waals surface area contributed by atoms with E-state index < -0.39 is 0 Å². The SMILES string of the molecule is CNCC1(CNc2cc(C)cc(C)c2)CCC1. The molecule has 0 radical (unpaired) electrons. The van der Waals surface area contributed by atoms with Crippen molar-refractivity contribution >= 4 is 5.69 Å². The van der Waals surface area contributed by atoms with E-state index in [1.54, 1.807) is 0 Å². The first kappa shape index (κ1) is 12.4. The van der Waals surface area contributed by atoms with Gasteiger partial charge in [-0.15, -0.1) is 0 Å². The fraction of sp³-hybridized carbons (Fsp3) is 0.600. The molecule has 0 aliphatic heterocycles. The van der Waals surface area contributed by atoms with Crippen LogP contribution in [-0.4, -0.2) is 20.1 Å². The van der Waals surface area contributed by atoms with Crippen LogP contribution in [0, 0.1) is 19.3 Å². The Hall–Kier alpha value is -1.02. The molecule has 1 aromatic carbocycles. The molecule has 1 aromatic rings. The number of hydrogen-bond donors (Lipinski definition) is 2. The first-order valence-electron chi connectivity index (χ1n) is 6.60. The molecule has 0 spiro atoms. The molecule has 0 unspecified atom stereocenters. The molecule has 0 amide bonds. The standard InChI is InChI=1S/C15H24N2/c1-12-7-13(2)9-14(8-12)17-11-15(10-16-3)5-4-6-15/h7-9,16-17H,4-6,10-11H2,1-3H3. The van der Waals surface area contributed by atoms with Gasteiger partial charge >= 0.3 is 0 Å². The lowest BCUT2D eigenvalue weighted by molar-refractivity contribution is 0.151. The van der Waals surface area contributed by atoms with Crippen LogP contribution in [0.1, 0.15) is 30.4 Å². The van der Waals surface area contributed by atoms with Gasteiger partial charge in [-0.2, -0.15) is 0 Å². The van der Waals surface area contributed by atoms with Crippen molar-refractivity contribution in [1.29, 1.82) is 0 Å². The zero-order valence-electron chi connectivity index (χ0n) is 11.3. The van der Waals surface area contributed by atoms with Crippen molar-refractivity contribution in [2.45, 2.75) is 33.1 Å². The maximum atomic E-state index is 3.61. The topological polar surface area (TPSA) is 24.1 Å². The first-order chi connectivity index (χ1) is 8.13. The minimum absolute atomic E-state index is 0.492. The number of aryl methyl sites for hydroxylation is 2. The summed E-state index contributed by atoms with van der Waals surface area (Å²) in [7, 11) is 2.05. The summed E-state index contributed by atoms with van der Waals surface area (Å²) < 4.78 is 0. The Morgan fingerprint density at radius 1 is 1.06 bits per heavy atom. The normalized spacial score (nSPS) is 17.6. The van der Waals surface area contributed by atoms with Gasteiger partial charge in [0.1, 0.15) is 0 Å². The van der Waals surface area contributed by atoms with Gasteiger partial charge in [-0.05, 0) is 57.0 Å². The van der Waals surface area contributed by atoms with Gasteiger partial charge in [0.15, 0.2) is 0 Å². The second kappa shape index (κ2) is 5.09. The largest absolute Gasteiger partial charge is 0.384 e. The smallest absolute Gasteiger partial charge is 0.0345 e. The number of hydrogen-bond acceptors (Lipinski definition) is 2. The summed E-state index contributed by atoms with van der Waals surface area (Å²) in [6.07, 6.45) is 4.09. The molecule has 0 aromatic heterocycles. The van der Waals surface area contributed by atoms with E-state index in [0.717, 1.165) is 13.1 Å². The lowest BCUT2D eigenvalue weighted by Crippen LogP contribution is -2.44. The highest BCUT2D eigenvalue weighted by Gasteiger charge is 2.35. The third kappa shape index (κ3) is 3.01. The van der Waals surface area contributed by atoms with Gasteiger partial charge in [0.05, 0.1) is 0 Å². The fourth-order valence-corrected chi connectivity index (χ4v) is 2.83. The van der Waals surface area contributed by atoms with Crippen LogP contribution < -0.4 is 10.6 Å². The van der Waals surface area contributed by atoms with Crippen LogP contribution >= 0.6 is 0 Å². The average Bonchev–Trinajstić information content (AvgIpc) is 2.20. The Morgan fingerprint density at radius 2 is 1.71 bits per heavy atom. The van der Waals surface area contributed by atoms with Crippen molar-refractivity contribution in [2.24, 2.45) is 5.41 Å². The van der Waals surface area contributed by atoms with Crippen LogP contribution in [0.3, 0.4) is 0 Å². The van der Waals surface area contributed by atoms with Crippen molar-refractivity contribution in [3.63, 3.8) is 0 Å². The summed E-state index contributed by atoms with van der Waals surface area (Å²) in [6.45, 7) is 6.54. The quantitative estimate of drug-likeness (QED) is 0.815. The molecular formula is C15H24N2. The average molecular weight is 232 g/mol. The highest BCUT2D eigenvalue weighted by molar-refractivity contribution is 5.48. The van der Waals surface area contributed by atoms with Crippen molar-refractivity contribution in [3.8, 4) is 0 Å². The first-order valence-corrected chi connectivity index (χ1v) is 6.60. The molecule has 1 fully saturated rings. The third-order valence-electron chi connectivity index (χ3n) is 3.86. The molecule has 0 bridgehead atoms. The van der Waals surface area contributed by atoms with E-state index in [1.807, 2.05) is 0 Å². The zero-order chi connectivity index (χ0) is 12.3. The lowest BCUT2D eigenvalue weighted by atomic mass is 9.68. The highest BCUT2D eigenvalue weighted by Crippen LogP contribution is 2.40. The second-order valence-electron chi connectivity index (χ2n) is 5.61. The summed E-state index contributed by atoms with van der Waals surface area (Å²) in [6, 6.07) is 6.69. The molecular weight excluding hydrogens is 208 g/mol. The van der Waals surface area contributed by atoms with Gasteiger partial charge in [-0.25, -0.2) is 0 Å². The molecule has 94 valence electrons. The fourth-order valence-electron chi connectivity index (χ4n) is 2.83. The van der Waals surface area contributed by atoms with Crippen LogP contribution in [0.2, 0.25) is 0 Å². The Balaban J connectivity index is 1.96. The molecule has 1 saturated carbocycles. The van der Waals surface area contributed by atoms with Crippen molar-refractivity contribution in [3.05, 3.63) is 29.3 Å². The molecule has 17 heavy (non-hydrogen) atoms. The van der Waals surface area contributed by atoms with Crippen LogP contribution in [0.4, 0.5) is 5.69 Å². The zero-order valence-corrected chi connectivity index (χ0v) is 11.3. The van der Waals surface area contributed by atoms with Crippen LogP contribution in [0.25, 0.3) is 0 Å². The van der Waals surface area contributed by atoms with Crippen LogP contribution in [0.15, 0.2) is 18.2 Å². The molecule has 1 aliphatic carbocycles. The predicted octanol–water partition coefficient (Wildman–Crippen LogP) is 3.11. The molecule has 0 saturated heterocycles. The summed E-state index contributed by atoms with van der Waals surface area (Å²) in [5.74, 6) is 0. The summed E-state index contributed by atoms with van der Waals surface area (Å²) >= 11 is 0. The van der Waals surface area contributed by atoms with Gasteiger partial charge in [0, 0.05) is 24.2 Å². The highest BCUT2D eigenvalue weighted by atomic mass is 14.9. The number of anilines is 1. The summed E-state index contributed by atoms with van der Waals surface area (Å²) in [4.78, 5) is 0. The van der Waals surface area contributed by atoms with Crippen molar-refractivity contribution in [1.82, 2.24) is 5.32 Å².